The number of nitrogens with zero attached hydrogens (tertiary/aromatic N) is 2. The molecule has 0 spiro atoms. The van der Waals surface area contributed by atoms with Crippen molar-refractivity contribution in [1.82, 2.24) is 4.90 Å². The predicted molar refractivity (Wildman–Crippen MR) is 73.2 cm³/mol. The van der Waals surface area contributed by atoms with Crippen LogP contribution in [0.2, 0.25) is 0 Å². The Morgan fingerprint density at radius 2 is 2.00 bits per heavy atom. The molecular weight excluding hydrogens is 260 g/mol. The second-order valence-electron chi connectivity index (χ2n) is 4.74. The van der Waals surface area contributed by atoms with Crippen LogP contribution in [0.5, 0.6) is 0 Å². The number of rotatable bonds is 4. The lowest BCUT2D eigenvalue weighted by atomic mass is 10.1. The standard InChI is InChI=1S/C14H18N2O4/c17-14(18)16(13-5-7-20-8-6-13)10-12-3-1-11(2-4-12)9-15-19/h1-4,9,13,19H,5-8,10H2,(H,17,18)/b15-9+. The number of oxime groups is 1. The minimum atomic E-state index is -0.905. The molecule has 6 heteroatoms. The van der Waals surface area contributed by atoms with Crippen LogP contribution in [0.3, 0.4) is 0 Å². The van der Waals surface area contributed by atoms with Crippen molar-refractivity contribution in [3.8, 4) is 0 Å². The normalized spacial score (nSPS) is 16.4. The van der Waals surface area contributed by atoms with Crippen molar-refractivity contribution in [2.75, 3.05) is 13.2 Å². The van der Waals surface area contributed by atoms with Gasteiger partial charge < -0.3 is 20.0 Å². The van der Waals surface area contributed by atoms with E-state index in [0.29, 0.717) is 19.8 Å². The molecule has 0 aliphatic carbocycles. The average molecular weight is 278 g/mol. The van der Waals surface area contributed by atoms with Crippen LogP contribution in [0.25, 0.3) is 0 Å². The fraction of sp³-hybridized carbons (Fsp3) is 0.429. The molecule has 108 valence electrons. The summed E-state index contributed by atoms with van der Waals surface area (Å²) in [4.78, 5) is 12.9. The molecule has 0 aromatic heterocycles. The maximum Gasteiger partial charge on any atom is 0.407 e. The van der Waals surface area contributed by atoms with E-state index in [-0.39, 0.29) is 6.04 Å². The molecule has 0 saturated carbocycles. The van der Waals surface area contributed by atoms with E-state index < -0.39 is 6.09 Å². The lowest BCUT2D eigenvalue weighted by molar-refractivity contribution is 0.0332. The molecule has 1 amide bonds. The van der Waals surface area contributed by atoms with E-state index in [2.05, 4.69) is 5.16 Å². The number of carbonyl (C=O) groups is 1. The average Bonchev–Trinajstić information content (AvgIpc) is 2.47. The van der Waals surface area contributed by atoms with Crippen LogP contribution in [0.1, 0.15) is 24.0 Å². The largest absolute Gasteiger partial charge is 0.465 e. The second-order valence-corrected chi connectivity index (χ2v) is 4.74. The number of ether oxygens (including phenoxy) is 1. The van der Waals surface area contributed by atoms with E-state index in [1.807, 2.05) is 12.1 Å². The molecule has 1 fully saturated rings. The summed E-state index contributed by atoms with van der Waals surface area (Å²) in [6.45, 7) is 1.58. The summed E-state index contributed by atoms with van der Waals surface area (Å²) in [7, 11) is 0. The summed E-state index contributed by atoms with van der Waals surface area (Å²) < 4.78 is 5.26. The lowest BCUT2D eigenvalue weighted by Crippen LogP contribution is -2.42. The second kappa shape index (κ2) is 6.91. The molecule has 1 saturated heterocycles. The third kappa shape index (κ3) is 3.71. The highest BCUT2D eigenvalue weighted by atomic mass is 16.5. The van der Waals surface area contributed by atoms with E-state index in [4.69, 9.17) is 9.94 Å². The summed E-state index contributed by atoms with van der Waals surface area (Å²) in [5.74, 6) is 0. The molecular formula is C14H18N2O4. The van der Waals surface area contributed by atoms with Gasteiger partial charge in [0.05, 0.1) is 6.21 Å². The maximum absolute atomic E-state index is 11.4. The van der Waals surface area contributed by atoms with Crippen molar-refractivity contribution < 1.29 is 19.8 Å². The molecule has 0 bridgehead atoms. The summed E-state index contributed by atoms with van der Waals surface area (Å²) in [5, 5.41) is 20.8. The van der Waals surface area contributed by atoms with Gasteiger partial charge in [-0.3, -0.25) is 0 Å². The summed E-state index contributed by atoms with van der Waals surface area (Å²) in [6.07, 6.45) is 1.90. The third-order valence-electron chi connectivity index (χ3n) is 3.42. The van der Waals surface area contributed by atoms with Gasteiger partial charge in [-0.05, 0) is 24.0 Å². The zero-order chi connectivity index (χ0) is 14.4. The molecule has 1 heterocycles. The molecule has 1 aliphatic heterocycles. The van der Waals surface area contributed by atoms with Gasteiger partial charge in [0.1, 0.15) is 0 Å². The van der Waals surface area contributed by atoms with Gasteiger partial charge in [0.15, 0.2) is 0 Å². The van der Waals surface area contributed by atoms with Gasteiger partial charge in [0, 0.05) is 25.8 Å². The first-order chi connectivity index (χ1) is 9.70. The fourth-order valence-corrected chi connectivity index (χ4v) is 2.32. The smallest absolute Gasteiger partial charge is 0.407 e. The highest BCUT2D eigenvalue weighted by Crippen LogP contribution is 2.18. The minimum absolute atomic E-state index is 0.0138. The monoisotopic (exact) mass is 278 g/mol. The van der Waals surface area contributed by atoms with Crippen LogP contribution < -0.4 is 0 Å². The number of benzene rings is 1. The van der Waals surface area contributed by atoms with Crippen molar-refractivity contribution in [3.05, 3.63) is 35.4 Å². The lowest BCUT2D eigenvalue weighted by Gasteiger charge is -2.32. The zero-order valence-corrected chi connectivity index (χ0v) is 11.1. The van der Waals surface area contributed by atoms with E-state index in [1.165, 1.54) is 11.1 Å². The van der Waals surface area contributed by atoms with Crippen molar-refractivity contribution in [3.63, 3.8) is 0 Å². The molecule has 0 radical (unpaired) electrons. The van der Waals surface area contributed by atoms with Gasteiger partial charge in [-0.15, -0.1) is 0 Å². The van der Waals surface area contributed by atoms with E-state index >= 15 is 0 Å². The molecule has 20 heavy (non-hydrogen) atoms. The maximum atomic E-state index is 11.4. The van der Waals surface area contributed by atoms with Crippen LogP contribution in [0, 0.1) is 0 Å². The molecule has 0 unspecified atom stereocenters. The Morgan fingerprint density at radius 1 is 1.35 bits per heavy atom. The minimum Gasteiger partial charge on any atom is -0.465 e. The van der Waals surface area contributed by atoms with Gasteiger partial charge in [-0.25, -0.2) is 4.79 Å². The first-order valence-corrected chi connectivity index (χ1v) is 6.54. The molecule has 1 aromatic rings. The first kappa shape index (κ1) is 14.3. The van der Waals surface area contributed by atoms with Gasteiger partial charge in [0.2, 0.25) is 0 Å². The highest BCUT2D eigenvalue weighted by molar-refractivity contribution is 5.79. The number of hydrogen-bond acceptors (Lipinski definition) is 4. The molecule has 0 atom stereocenters. The Bertz CT molecular complexity index is 467. The van der Waals surface area contributed by atoms with Crippen LogP contribution in [-0.4, -0.2) is 46.8 Å². The number of hydrogen-bond donors (Lipinski definition) is 2. The van der Waals surface area contributed by atoms with Crippen LogP contribution in [0.15, 0.2) is 29.4 Å². The van der Waals surface area contributed by atoms with E-state index in [9.17, 15) is 9.90 Å². The summed E-state index contributed by atoms with van der Waals surface area (Å²) in [5.41, 5.74) is 1.68. The Labute approximate surface area is 117 Å². The SMILES string of the molecule is O=C(O)N(Cc1ccc(/C=N/O)cc1)C1CCOCC1. The van der Waals surface area contributed by atoms with E-state index in [1.54, 1.807) is 12.1 Å². The molecule has 1 aromatic carbocycles. The number of carboxylic acid groups (broad SMARTS) is 1. The third-order valence-corrected chi connectivity index (χ3v) is 3.42. The van der Waals surface area contributed by atoms with Gasteiger partial charge >= 0.3 is 6.09 Å². The zero-order valence-electron chi connectivity index (χ0n) is 11.1. The van der Waals surface area contributed by atoms with Crippen LogP contribution >= 0.6 is 0 Å². The fourth-order valence-electron chi connectivity index (χ4n) is 2.32. The van der Waals surface area contributed by atoms with Gasteiger partial charge in [-0.2, -0.15) is 0 Å². The quantitative estimate of drug-likeness (QED) is 0.502. The Balaban J connectivity index is 2.05. The van der Waals surface area contributed by atoms with Gasteiger partial charge in [-0.1, -0.05) is 29.4 Å². The topological polar surface area (TPSA) is 82.4 Å². The van der Waals surface area contributed by atoms with Crippen LogP contribution in [0.4, 0.5) is 4.79 Å². The summed E-state index contributed by atoms with van der Waals surface area (Å²) >= 11 is 0. The Hall–Kier alpha value is -2.08. The molecule has 6 nitrogen and oxygen atoms in total. The Kier molecular flexibility index (Phi) is 4.95. The van der Waals surface area contributed by atoms with Crippen molar-refractivity contribution in [1.29, 1.82) is 0 Å². The molecule has 1 aliphatic rings. The predicted octanol–water partition coefficient (Wildman–Crippen LogP) is 2.15. The van der Waals surface area contributed by atoms with Crippen LogP contribution in [-0.2, 0) is 11.3 Å². The molecule has 2 rings (SSSR count). The first-order valence-electron chi connectivity index (χ1n) is 6.54. The molecule has 2 N–H and O–H groups in total. The van der Waals surface area contributed by atoms with Crippen molar-refractivity contribution in [2.24, 2.45) is 5.16 Å². The van der Waals surface area contributed by atoms with Gasteiger partial charge in [0.25, 0.3) is 0 Å². The van der Waals surface area contributed by atoms with E-state index in [0.717, 1.165) is 24.0 Å². The highest BCUT2D eigenvalue weighted by Gasteiger charge is 2.25. The summed E-state index contributed by atoms with van der Waals surface area (Å²) in [6, 6.07) is 7.27. The van der Waals surface area contributed by atoms with Crippen molar-refractivity contribution in [2.45, 2.75) is 25.4 Å². The van der Waals surface area contributed by atoms with Crippen molar-refractivity contribution >= 4 is 12.3 Å². The number of amides is 1. The Morgan fingerprint density at radius 3 is 2.55 bits per heavy atom.